The van der Waals surface area contributed by atoms with Gasteiger partial charge < -0.3 is 10.6 Å². The number of aryl methyl sites for hydroxylation is 2. The van der Waals surface area contributed by atoms with Gasteiger partial charge in [-0.3, -0.25) is 9.56 Å². The van der Waals surface area contributed by atoms with Crippen LogP contribution >= 0.6 is 0 Å². The Morgan fingerprint density at radius 2 is 2.27 bits per heavy atom. The summed E-state index contributed by atoms with van der Waals surface area (Å²) >= 11 is 0. The molecule has 2 N–H and O–H groups in total. The van der Waals surface area contributed by atoms with E-state index in [0.29, 0.717) is 12.6 Å². The van der Waals surface area contributed by atoms with Crippen LogP contribution in [-0.4, -0.2) is 39.9 Å². The molecule has 1 aromatic heterocycles. The molecule has 3 rings (SSSR count). The number of guanidine groups is 1. The first-order valence-corrected chi connectivity index (χ1v) is 8.32. The summed E-state index contributed by atoms with van der Waals surface area (Å²) in [6, 6.07) is 0.564. The van der Waals surface area contributed by atoms with Gasteiger partial charge in [-0.25, -0.2) is 9.48 Å². The Labute approximate surface area is 130 Å². The first-order valence-electron chi connectivity index (χ1n) is 8.32. The number of hydrogen-bond donors (Lipinski definition) is 2. The Balaban J connectivity index is 1.45. The Morgan fingerprint density at radius 1 is 1.45 bits per heavy atom. The predicted octanol–water partition coefficient (Wildman–Crippen LogP) is 0.345. The van der Waals surface area contributed by atoms with Gasteiger partial charge >= 0.3 is 5.69 Å². The van der Waals surface area contributed by atoms with Crippen LogP contribution in [0.1, 0.15) is 38.4 Å². The number of fused-ring (bicyclic) bond motifs is 1. The molecule has 2 heterocycles. The first-order chi connectivity index (χ1) is 10.7. The van der Waals surface area contributed by atoms with Gasteiger partial charge in [-0.15, -0.1) is 0 Å². The predicted molar refractivity (Wildman–Crippen MR) is 86.1 cm³/mol. The molecule has 22 heavy (non-hydrogen) atoms. The largest absolute Gasteiger partial charge is 0.356 e. The van der Waals surface area contributed by atoms with Crippen molar-refractivity contribution in [1.82, 2.24) is 25.0 Å². The third-order valence-electron chi connectivity index (χ3n) is 4.53. The van der Waals surface area contributed by atoms with Crippen LogP contribution < -0.4 is 16.3 Å². The van der Waals surface area contributed by atoms with Crippen molar-refractivity contribution < 1.29 is 0 Å². The van der Waals surface area contributed by atoms with Crippen molar-refractivity contribution >= 4 is 5.96 Å². The zero-order valence-electron chi connectivity index (χ0n) is 13.5. The Bertz CT molecular complexity index is 602. The SMILES string of the molecule is CN=C(NCCCn1nc2n(c1=O)CCCC2)NC1CC1C. The van der Waals surface area contributed by atoms with Crippen molar-refractivity contribution in [3.63, 3.8) is 0 Å². The molecule has 0 spiro atoms. The average Bonchev–Trinajstić information content (AvgIpc) is 3.13. The molecule has 0 saturated heterocycles. The lowest BCUT2D eigenvalue weighted by molar-refractivity contribution is 0.509. The molecule has 7 nitrogen and oxygen atoms in total. The highest BCUT2D eigenvalue weighted by Crippen LogP contribution is 2.28. The molecule has 2 atom stereocenters. The summed E-state index contributed by atoms with van der Waals surface area (Å²) in [6.07, 6.45) is 5.23. The molecule has 0 radical (unpaired) electrons. The summed E-state index contributed by atoms with van der Waals surface area (Å²) in [5.74, 6) is 2.55. The van der Waals surface area contributed by atoms with Crippen molar-refractivity contribution in [2.45, 2.75) is 58.2 Å². The maximum Gasteiger partial charge on any atom is 0.345 e. The molecule has 0 bridgehead atoms. The van der Waals surface area contributed by atoms with Crippen LogP contribution in [0.4, 0.5) is 0 Å². The molecule has 0 aromatic carbocycles. The van der Waals surface area contributed by atoms with Gasteiger partial charge in [0, 0.05) is 39.1 Å². The molecule has 2 aliphatic rings. The fraction of sp³-hybridized carbons (Fsp3) is 0.800. The van der Waals surface area contributed by atoms with Crippen molar-refractivity contribution in [3.05, 3.63) is 16.3 Å². The lowest BCUT2D eigenvalue weighted by Gasteiger charge is -2.11. The lowest BCUT2D eigenvalue weighted by atomic mass is 10.2. The van der Waals surface area contributed by atoms with Gasteiger partial charge in [0.1, 0.15) is 5.82 Å². The first kappa shape index (κ1) is 15.1. The summed E-state index contributed by atoms with van der Waals surface area (Å²) < 4.78 is 3.44. The van der Waals surface area contributed by atoms with Crippen molar-refractivity contribution in [2.24, 2.45) is 10.9 Å². The number of aliphatic imine (C=N–C) groups is 1. The van der Waals surface area contributed by atoms with Gasteiger partial charge in [-0.2, -0.15) is 5.10 Å². The molecular formula is C15H26N6O. The minimum absolute atomic E-state index is 0.0454. The van der Waals surface area contributed by atoms with Gasteiger partial charge in [0.2, 0.25) is 0 Å². The van der Waals surface area contributed by atoms with Crippen LogP contribution in [0.5, 0.6) is 0 Å². The molecule has 2 unspecified atom stereocenters. The fourth-order valence-corrected chi connectivity index (χ4v) is 2.92. The summed E-state index contributed by atoms with van der Waals surface area (Å²) in [6.45, 7) is 4.50. The van der Waals surface area contributed by atoms with Crippen molar-refractivity contribution in [3.8, 4) is 0 Å². The van der Waals surface area contributed by atoms with E-state index in [1.54, 1.807) is 11.7 Å². The Kier molecular flexibility index (Phi) is 4.49. The van der Waals surface area contributed by atoms with E-state index in [4.69, 9.17) is 0 Å². The van der Waals surface area contributed by atoms with Crippen LogP contribution in [-0.2, 0) is 19.5 Å². The summed E-state index contributed by atoms with van der Waals surface area (Å²) in [5.41, 5.74) is 0.0454. The highest BCUT2D eigenvalue weighted by atomic mass is 16.2. The summed E-state index contributed by atoms with van der Waals surface area (Å²) in [7, 11) is 1.79. The Hall–Kier alpha value is -1.79. The fourth-order valence-electron chi connectivity index (χ4n) is 2.92. The third-order valence-corrected chi connectivity index (χ3v) is 4.53. The highest BCUT2D eigenvalue weighted by molar-refractivity contribution is 5.80. The second-order valence-electron chi connectivity index (χ2n) is 6.35. The number of hydrogen-bond acceptors (Lipinski definition) is 3. The normalized spacial score (nSPS) is 24.0. The standard InChI is InChI=1S/C15H26N6O/c1-11-10-12(11)18-14(16-2)17-7-5-9-21-15(22)20-8-4-3-6-13(20)19-21/h11-12H,3-10H2,1-2H3,(H2,16,17,18). The number of rotatable bonds is 5. The monoisotopic (exact) mass is 306 g/mol. The number of nitrogens with zero attached hydrogens (tertiary/aromatic N) is 4. The Morgan fingerprint density at radius 3 is 2.95 bits per heavy atom. The van der Waals surface area contributed by atoms with Crippen LogP contribution in [0.3, 0.4) is 0 Å². The second kappa shape index (κ2) is 6.54. The van der Waals surface area contributed by atoms with E-state index in [0.717, 1.165) is 56.5 Å². The van der Waals surface area contributed by atoms with Crippen molar-refractivity contribution in [2.75, 3.05) is 13.6 Å². The maximum absolute atomic E-state index is 12.2. The van der Waals surface area contributed by atoms with E-state index in [-0.39, 0.29) is 5.69 Å². The smallest absolute Gasteiger partial charge is 0.345 e. The van der Waals surface area contributed by atoms with E-state index in [1.807, 2.05) is 4.57 Å². The van der Waals surface area contributed by atoms with Gasteiger partial charge in [0.15, 0.2) is 5.96 Å². The van der Waals surface area contributed by atoms with E-state index in [2.05, 4.69) is 27.6 Å². The van der Waals surface area contributed by atoms with E-state index >= 15 is 0 Å². The number of nitrogens with one attached hydrogen (secondary N) is 2. The topological polar surface area (TPSA) is 76.2 Å². The zero-order valence-corrected chi connectivity index (χ0v) is 13.5. The molecule has 122 valence electrons. The molecule has 1 saturated carbocycles. The number of aromatic nitrogens is 3. The second-order valence-corrected chi connectivity index (χ2v) is 6.35. The average molecular weight is 306 g/mol. The lowest BCUT2D eigenvalue weighted by Crippen LogP contribution is -2.39. The highest BCUT2D eigenvalue weighted by Gasteiger charge is 2.33. The van der Waals surface area contributed by atoms with E-state index < -0.39 is 0 Å². The quantitative estimate of drug-likeness (QED) is 0.467. The summed E-state index contributed by atoms with van der Waals surface area (Å²) in [4.78, 5) is 16.4. The van der Waals surface area contributed by atoms with Crippen LogP contribution in [0.2, 0.25) is 0 Å². The maximum atomic E-state index is 12.2. The summed E-state index contributed by atoms with van der Waals surface area (Å²) in [5, 5.41) is 11.1. The molecule has 1 aromatic rings. The molecule has 7 heteroatoms. The van der Waals surface area contributed by atoms with Gasteiger partial charge in [-0.1, -0.05) is 6.92 Å². The molecular weight excluding hydrogens is 280 g/mol. The molecule has 1 fully saturated rings. The zero-order chi connectivity index (χ0) is 15.5. The molecule has 0 amide bonds. The van der Waals surface area contributed by atoms with Crippen molar-refractivity contribution in [1.29, 1.82) is 0 Å². The molecule has 1 aliphatic heterocycles. The molecule has 1 aliphatic carbocycles. The van der Waals surface area contributed by atoms with Crippen LogP contribution in [0, 0.1) is 5.92 Å². The van der Waals surface area contributed by atoms with E-state index in [1.165, 1.54) is 6.42 Å². The van der Waals surface area contributed by atoms with Gasteiger partial charge in [0.05, 0.1) is 0 Å². The van der Waals surface area contributed by atoms with Crippen LogP contribution in [0.25, 0.3) is 0 Å². The van der Waals surface area contributed by atoms with E-state index in [9.17, 15) is 4.79 Å². The van der Waals surface area contributed by atoms with Gasteiger partial charge in [0.25, 0.3) is 0 Å². The van der Waals surface area contributed by atoms with Gasteiger partial charge in [-0.05, 0) is 31.6 Å². The minimum atomic E-state index is 0.0454. The van der Waals surface area contributed by atoms with Crippen LogP contribution in [0.15, 0.2) is 9.79 Å². The minimum Gasteiger partial charge on any atom is -0.356 e. The third kappa shape index (κ3) is 3.34.